The number of hydrogen-bond acceptors (Lipinski definition) is 6. The number of amidine groups is 1. The molecule has 0 aliphatic carbocycles. The topological polar surface area (TPSA) is 102 Å². The van der Waals surface area contributed by atoms with E-state index in [9.17, 15) is 9.59 Å². The average molecular weight is 430 g/mol. The van der Waals surface area contributed by atoms with Crippen molar-refractivity contribution in [2.24, 2.45) is 15.3 Å². The number of azo groups is 1. The van der Waals surface area contributed by atoms with Crippen molar-refractivity contribution in [2.75, 3.05) is 24.5 Å². The van der Waals surface area contributed by atoms with E-state index in [1.165, 1.54) is 6.08 Å². The summed E-state index contributed by atoms with van der Waals surface area (Å²) in [6.07, 6.45) is 1.51. The van der Waals surface area contributed by atoms with Crippen LogP contribution in [0.5, 0.6) is 0 Å². The summed E-state index contributed by atoms with van der Waals surface area (Å²) in [7, 11) is 0. The van der Waals surface area contributed by atoms with Gasteiger partial charge < -0.3 is 14.9 Å². The van der Waals surface area contributed by atoms with Gasteiger partial charge in [-0.25, -0.2) is 0 Å². The predicted octanol–water partition coefficient (Wildman–Crippen LogP) is 4.49. The molecule has 0 unspecified atom stereocenters. The van der Waals surface area contributed by atoms with Gasteiger partial charge in [0, 0.05) is 18.8 Å². The first kappa shape index (κ1) is 22.4. The average Bonchev–Trinajstić information content (AvgIpc) is 3.09. The van der Waals surface area contributed by atoms with Crippen molar-refractivity contribution in [3.8, 4) is 0 Å². The number of aliphatic carboxylic acids is 1. The molecule has 0 saturated heterocycles. The molecule has 0 aromatic heterocycles. The number of carbonyl (C=O) groups excluding carboxylic acids is 1. The maximum atomic E-state index is 12.3. The molecule has 2 aromatic rings. The molecule has 0 spiro atoms. The number of carboxylic acid groups (broad SMARTS) is 1. The van der Waals surface area contributed by atoms with Crippen molar-refractivity contribution in [3.63, 3.8) is 0 Å². The van der Waals surface area contributed by atoms with Crippen molar-refractivity contribution in [1.29, 1.82) is 0 Å². The first-order valence-electron chi connectivity index (χ1n) is 10.0. The number of hydrogen-bond donors (Lipinski definition) is 1. The Bertz CT molecular complexity index is 1120. The van der Waals surface area contributed by atoms with Gasteiger partial charge in [0.15, 0.2) is 6.54 Å². The highest BCUT2D eigenvalue weighted by Gasteiger charge is 2.34. The summed E-state index contributed by atoms with van der Waals surface area (Å²) in [5.74, 6) is -1.95. The zero-order valence-corrected chi connectivity index (χ0v) is 17.8. The Balaban J connectivity index is 1.71. The fourth-order valence-corrected chi connectivity index (χ4v) is 3.13. The number of benzene rings is 2. The van der Waals surface area contributed by atoms with Crippen molar-refractivity contribution in [2.45, 2.75) is 13.8 Å². The minimum Gasteiger partial charge on any atom is -0.480 e. The molecule has 0 fully saturated rings. The van der Waals surface area contributed by atoms with Crippen LogP contribution in [0, 0.1) is 6.57 Å². The number of rotatable bonds is 8. The molecule has 162 valence electrons. The predicted molar refractivity (Wildman–Crippen MR) is 122 cm³/mol. The number of carbonyl (C=O) groups is 2. The van der Waals surface area contributed by atoms with Gasteiger partial charge in [-0.2, -0.15) is 10.2 Å². The Kier molecular flexibility index (Phi) is 7.08. The van der Waals surface area contributed by atoms with Crippen LogP contribution >= 0.6 is 0 Å². The van der Waals surface area contributed by atoms with Crippen molar-refractivity contribution in [1.82, 2.24) is 5.01 Å². The van der Waals surface area contributed by atoms with Crippen LogP contribution in [-0.2, 0) is 9.59 Å². The lowest BCUT2D eigenvalue weighted by Gasteiger charge is -2.20. The van der Waals surface area contributed by atoms with E-state index in [0.717, 1.165) is 29.5 Å². The molecule has 1 amide bonds. The molecule has 3 rings (SSSR count). The fourth-order valence-electron chi connectivity index (χ4n) is 3.13. The summed E-state index contributed by atoms with van der Waals surface area (Å²) >= 11 is 0. The SMILES string of the molecule is [C-]#[N+]C1=NN(CC(=O)O)C(=O)/C1=C\c1ccc(/N=N/c2ccc(N(CC)CC)cc2)cc1. The van der Waals surface area contributed by atoms with Crippen molar-refractivity contribution >= 4 is 40.9 Å². The van der Waals surface area contributed by atoms with E-state index >= 15 is 0 Å². The van der Waals surface area contributed by atoms with Gasteiger partial charge in [-0.1, -0.05) is 24.8 Å². The van der Waals surface area contributed by atoms with E-state index < -0.39 is 18.4 Å². The fraction of sp³-hybridized carbons (Fsp3) is 0.217. The van der Waals surface area contributed by atoms with Crippen LogP contribution < -0.4 is 4.90 Å². The van der Waals surface area contributed by atoms with Crippen LogP contribution in [0.3, 0.4) is 0 Å². The van der Waals surface area contributed by atoms with Gasteiger partial charge in [-0.15, -0.1) is 5.01 Å². The molecular weight excluding hydrogens is 408 g/mol. The molecule has 0 saturated carbocycles. The second-order valence-electron chi connectivity index (χ2n) is 6.83. The van der Waals surface area contributed by atoms with E-state index in [0.29, 0.717) is 11.3 Å². The summed E-state index contributed by atoms with van der Waals surface area (Å²) in [4.78, 5) is 28.7. The Morgan fingerprint density at radius 3 is 2.16 bits per heavy atom. The second kappa shape index (κ2) is 10.1. The molecule has 2 aromatic carbocycles. The van der Waals surface area contributed by atoms with E-state index in [4.69, 9.17) is 11.7 Å². The summed E-state index contributed by atoms with van der Waals surface area (Å²) < 4.78 is 0. The van der Waals surface area contributed by atoms with Crippen LogP contribution in [0.15, 0.2) is 69.4 Å². The first-order chi connectivity index (χ1) is 15.4. The van der Waals surface area contributed by atoms with Gasteiger partial charge >= 0.3 is 11.8 Å². The number of nitrogens with zero attached hydrogens (tertiary/aromatic N) is 6. The minimum absolute atomic E-state index is 0.0592. The molecule has 0 bridgehead atoms. The number of carboxylic acids is 1. The Morgan fingerprint density at radius 2 is 1.66 bits per heavy atom. The number of anilines is 1. The van der Waals surface area contributed by atoms with Crippen molar-refractivity contribution in [3.05, 3.63) is 71.1 Å². The largest absolute Gasteiger partial charge is 0.480 e. The Labute approximate surface area is 185 Å². The van der Waals surface area contributed by atoms with Gasteiger partial charge in [-0.05, 0) is 60.9 Å². The number of amides is 1. The molecule has 1 aliphatic rings. The van der Waals surface area contributed by atoms with Gasteiger partial charge in [-0.3, -0.25) is 9.59 Å². The third kappa shape index (κ3) is 5.23. The third-order valence-electron chi connectivity index (χ3n) is 4.78. The highest BCUT2D eigenvalue weighted by atomic mass is 16.4. The lowest BCUT2D eigenvalue weighted by Crippen LogP contribution is -2.28. The molecule has 9 heteroatoms. The molecule has 1 heterocycles. The van der Waals surface area contributed by atoms with Gasteiger partial charge in [0.1, 0.15) is 0 Å². The molecule has 9 nitrogen and oxygen atoms in total. The Morgan fingerprint density at radius 1 is 1.09 bits per heavy atom. The van der Waals surface area contributed by atoms with E-state index in [2.05, 4.69) is 38.9 Å². The Hall–Kier alpha value is -4.32. The van der Waals surface area contributed by atoms with Crippen LogP contribution in [0.1, 0.15) is 19.4 Å². The van der Waals surface area contributed by atoms with Crippen LogP contribution in [-0.4, -0.2) is 47.5 Å². The summed E-state index contributed by atoms with van der Waals surface area (Å²) in [5, 5.41) is 21.9. The van der Waals surface area contributed by atoms with Gasteiger partial charge in [0.05, 0.1) is 16.9 Å². The maximum absolute atomic E-state index is 12.3. The summed E-state index contributed by atoms with van der Waals surface area (Å²) in [5.41, 5.74) is 3.22. The molecule has 0 radical (unpaired) electrons. The summed E-state index contributed by atoms with van der Waals surface area (Å²) in [6.45, 7) is 12.7. The van der Waals surface area contributed by atoms with E-state index in [1.54, 1.807) is 24.3 Å². The normalized spacial score (nSPS) is 14.7. The van der Waals surface area contributed by atoms with Crippen LogP contribution in [0.4, 0.5) is 17.1 Å². The van der Waals surface area contributed by atoms with Crippen molar-refractivity contribution < 1.29 is 14.7 Å². The third-order valence-corrected chi connectivity index (χ3v) is 4.78. The lowest BCUT2D eigenvalue weighted by molar-refractivity contribution is -0.142. The molecule has 0 atom stereocenters. The van der Waals surface area contributed by atoms with Gasteiger partial charge in [0.2, 0.25) is 0 Å². The summed E-state index contributed by atoms with van der Waals surface area (Å²) in [6, 6.07) is 14.8. The zero-order valence-electron chi connectivity index (χ0n) is 17.8. The van der Waals surface area contributed by atoms with E-state index in [-0.39, 0.29) is 11.4 Å². The number of hydrazone groups is 1. The standard InChI is InChI=1S/C23H22N6O3/c1-4-28(5-2)19-12-10-18(11-13-19)26-25-17-8-6-16(7-9-17)14-20-22(24-3)27-29(23(20)32)15-21(30)31/h6-14H,4-5,15H2,1-2H3,(H,30,31)/b20-14-,26-25+. The first-order valence-corrected chi connectivity index (χ1v) is 10.0. The molecule has 1 N–H and O–H groups in total. The van der Waals surface area contributed by atoms with Gasteiger partial charge in [0.25, 0.3) is 5.91 Å². The minimum atomic E-state index is -1.20. The molecular formula is C23H22N6O3. The van der Waals surface area contributed by atoms with Crippen LogP contribution in [0.25, 0.3) is 10.9 Å². The van der Waals surface area contributed by atoms with Crippen LogP contribution in [0.2, 0.25) is 0 Å². The monoisotopic (exact) mass is 430 g/mol. The highest BCUT2D eigenvalue weighted by molar-refractivity contribution is 6.30. The molecule has 32 heavy (non-hydrogen) atoms. The zero-order chi connectivity index (χ0) is 23.1. The second-order valence-corrected chi connectivity index (χ2v) is 6.83. The van der Waals surface area contributed by atoms with E-state index in [1.807, 2.05) is 24.3 Å². The highest BCUT2D eigenvalue weighted by Crippen LogP contribution is 2.24. The smallest absolute Gasteiger partial charge is 0.327 e. The lowest BCUT2D eigenvalue weighted by atomic mass is 10.1. The quantitative estimate of drug-likeness (QED) is 0.379. The maximum Gasteiger partial charge on any atom is 0.327 e. The molecule has 1 aliphatic heterocycles.